The van der Waals surface area contributed by atoms with Gasteiger partial charge < -0.3 is 14.9 Å². The summed E-state index contributed by atoms with van der Waals surface area (Å²) < 4.78 is 47.8. The monoisotopic (exact) mass is 273 g/mol. The van der Waals surface area contributed by atoms with Gasteiger partial charge in [0.1, 0.15) is 11.3 Å². The highest BCUT2D eigenvalue weighted by atomic mass is 19.4. The third kappa shape index (κ3) is 2.41. The van der Waals surface area contributed by atoms with Crippen molar-refractivity contribution in [3.63, 3.8) is 0 Å². The van der Waals surface area contributed by atoms with Crippen molar-refractivity contribution < 1.29 is 27.1 Å². The summed E-state index contributed by atoms with van der Waals surface area (Å²) in [6.45, 7) is 0. The highest BCUT2D eigenvalue weighted by Gasteiger charge is 2.34. The zero-order valence-corrected chi connectivity index (χ0v) is 9.82. The van der Waals surface area contributed by atoms with Gasteiger partial charge in [-0.15, -0.1) is 0 Å². The van der Waals surface area contributed by atoms with Crippen LogP contribution in [-0.2, 0) is 15.7 Å². The molecule has 2 N–H and O–H groups in total. The van der Waals surface area contributed by atoms with Crippen LogP contribution in [-0.4, -0.2) is 13.1 Å². The number of carbonyl (C=O) groups is 1. The number of methoxy groups -OCH3 is 1. The maximum Gasteiger partial charge on any atom is 0.420 e. The summed E-state index contributed by atoms with van der Waals surface area (Å²) in [5, 5.41) is 0.226. The van der Waals surface area contributed by atoms with Crippen LogP contribution in [0.4, 0.5) is 13.2 Å². The molecule has 1 unspecified atom stereocenters. The first kappa shape index (κ1) is 13.4. The molecule has 0 aliphatic carbocycles. The van der Waals surface area contributed by atoms with Gasteiger partial charge in [-0.25, -0.2) is 4.79 Å². The van der Waals surface area contributed by atoms with E-state index in [-0.39, 0.29) is 16.7 Å². The summed E-state index contributed by atoms with van der Waals surface area (Å²) >= 11 is 0. The van der Waals surface area contributed by atoms with Gasteiger partial charge in [0, 0.05) is 5.39 Å². The first-order valence-corrected chi connectivity index (χ1v) is 5.27. The number of ether oxygens (including phenoxy) is 1. The number of fused-ring (bicyclic) bond motifs is 1. The zero-order valence-electron chi connectivity index (χ0n) is 9.82. The second-order valence-electron chi connectivity index (χ2n) is 3.87. The van der Waals surface area contributed by atoms with E-state index in [4.69, 9.17) is 10.2 Å². The number of carbonyl (C=O) groups excluding carboxylic acids is 1. The third-order valence-electron chi connectivity index (χ3n) is 2.63. The Morgan fingerprint density at radius 3 is 2.68 bits per heavy atom. The fourth-order valence-corrected chi connectivity index (χ4v) is 1.70. The van der Waals surface area contributed by atoms with Crippen molar-refractivity contribution in [2.24, 2.45) is 5.73 Å². The van der Waals surface area contributed by atoms with Crippen LogP contribution >= 0.6 is 0 Å². The second-order valence-corrected chi connectivity index (χ2v) is 3.87. The molecule has 0 bridgehead atoms. The van der Waals surface area contributed by atoms with E-state index in [2.05, 4.69) is 4.74 Å². The minimum absolute atomic E-state index is 0.0708. The van der Waals surface area contributed by atoms with E-state index in [0.29, 0.717) is 0 Å². The number of para-hydroxylation sites is 1. The van der Waals surface area contributed by atoms with E-state index in [1.54, 1.807) is 0 Å². The lowest BCUT2D eigenvalue weighted by Gasteiger charge is -2.07. The molecule has 0 radical (unpaired) electrons. The topological polar surface area (TPSA) is 65.5 Å². The lowest BCUT2D eigenvalue weighted by molar-refractivity contribution is -0.142. The fraction of sp³-hybridized carbons (Fsp3) is 0.250. The van der Waals surface area contributed by atoms with Crippen LogP contribution in [0.2, 0.25) is 0 Å². The summed E-state index contributed by atoms with van der Waals surface area (Å²) in [5.74, 6) is -0.855. The molecular weight excluding hydrogens is 263 g/mol. The SMILES string of the molecule is COC(=O)C(N)c1cc2cccc(C(F)(F)F)c2o1. The van der Waals surface area contributed by atoms with Gasteiger partial charge in [0.25, 0.3) is 0 Å². The molecule has 0 saturated carbocycles. The molecule has 7 heteroatoms. The number of rotatable bonds is 2. The molecule has 0 aliphatic rings. The molecule has 1 aromatic heterocycles. The first-order valence-electron chi connectivity index (χ1n) is 5.27. The Morgan fingerprint density at radius 1 is 1.42 bits per heavy atom. The van der Waals surface area contributed by atoms with E-state index in [1.165, 1.54) is 18.2 Å². The molecule has 0 amide bonds. The van der Waals surface area contributed by atoms with E-state index in [9.17, 15) is 18.0 Å². The van der Waals surface area contributed by atoms with Crippen molar-refractivity contribution in [2.75, 3.05) is 7.11 Å². The molecule has 1 heterocycles. The Kier molecular flexibility index (Phi) is 3.23. The maximum atomic E-state index is 12.8. The number of alkyl halides is 3. The Labute approximate surface area is 105 Å². The van der Waals surface area contributed by atoms with Gasteiger partial charge in [-0.05, 0) is 12.1 Å². The summed E-state index contributed by atoms with van der Waals surface area (Å²) in [6, 6.07) is 3.65. The van der Waals surface area contributed by atoms with E-state index >= 15 is 0 Å². The highest BCUT2D eigenvalue weighted by molar-refractivity contribution is 5.84. The van der Waals surface area contributed by atoms with Crippen molar-refractivity contribution in [3.05, 3.63) is 35.6 Å². The lowest BCUT2D eigenvalue weighted by atomic mass is 10.1. The Bertz CT molecular complexity index is 618. The Morgan fingerprint density at radius 2 is 2.11 bits per heavy atom. The van der Waals surface area contributed by atoms with Crippen molar-refractivity contribution in [1.29, 1.82) is 0 Å². The van der Waals surface area contributed by atoms with Gasteiger partial charge in [-0.2, -0.15) is 13.2 Å². The quantitative estimate of drug-likeness (QED) is 0.854. The van der Waals surface area contributed by atoms with Gasteiger partial charge in [-0.1, -0.05) is 12.1 Å². The number of nitrogens with two attached hydrogens (primary N) is 1. The fourth-order valence-electron chi connectivity index (χ4n) is 1.70. The Hall–Kier alpha value is -2.02. The number of benzene rings is 1. The second kappa shape index (κ2) is 4.58. The molecule has 1 atom stereocenters. The summed E-state index contributed by atoms with van der Waals surface area (Å²) in [5.41, 5.74) is 4.27. The predicted octanol–water partition coefficient (Wildman–Crippen LogP) is 2.62. The van der Waals surface area contributed by atoms with Crippen LogP contribution in [0.15, 0.2) is 28.7 Å². The number of halogens is 3. The number of esters is 1. The zero-order chi connectivity index (χ0) is 14.2. The van der Waals surface area contributed by atoms with Crippen LogP contribution in [0.3, 0.4) is 0 Å². The highest BCUT2D eigenvalue weighted by Crippen LogP contribution is 2.36. The van der Waals surface area contributed by atoms with Crippen molar-refractivity contribution >= 4 is 16.9 Å². The molecule has 19 heavy (non-hydrogen) atoms. The van der Waals surface area contributed by atoms with Crippen LogP contribution in [0.1, 0.15) is 17.4 Å². The van der Waals surface area contributed by atoms with Crippen molar-refractivity contribution in [1.82, 2.24) is 0 Å². The number of hydrogen-bond donors (Lipinski definition) is 1. The molecule has 102 valence electrons. The minimum atomic E-state index is -4.54. The normalized spacial score (nSPS) is 13.5. The van der Waals surface area contributed by atoms with E-state index < -0.39 is 23.8 Å². The molecule has 0 fully saturated rings. The van der Waals surface area contributed by atoms with Crippen LogP contribution in [0, 0.1) is 0 Å². The number of hydrogen-bond acceptors (Lipinski definition) is 4. The van der Waals surface area contributed by atoms with Crippen LogP contribution in [0.5, 0.6) is 0 Å². The molecule has 2 aromatic rings. The average Bonchev–Trinajstić information content (AvgIpc) is 2.78. The molecule has 0 spiro atoms. The lowest BCUT2D eigenvalue weighted by Crippen LogP contribution is -2.21. The van der Waals surface area contributed by atoms with Gasteiger partial charge in [0.05, 0.1) is 12.7 Å². The van der Waals surface area contributed by atoms with Gasteiger partial charge in [0.15, 0.2) is 6.04 Å². The van der Waals surface area contributed by atoms with E-state index in [1.807, 2.05) is 0 Å². The molecular formula is C12H10F3NO3. The third-order valence-corrected chi connectivity index (χ3v) is 2.63. The predicted molar refractivity (Wildman–Crippen MR) is 60.2 cm³/mol. The molecule has 0 saturated heterocycles. The first-order chi connectivity index (χ1) is 8.84. The van der Waals surface area contributed by atoms with Crippen LogP contribution < -0.4 is 5.73 Å². The summed E-state index contributed by atoms with van der Waals surface area (Å²) in [7, 11) is 1.13. The summed E-state index contributed by atoms with van der Waals surface area (Å²) in [6.07, 6.45) is -4.54. The maximum absolute atomic E-state index is 12.8. The standard InChI is InChI=1S/C12H10F3NO3/c1-18-11(17)9(16)8-5-6-3-2-4-7(10(6)19-8)12(13,14)15/h2-5,9H,16H2,1H3. The molecule has 0 aliphatic heterocycles. The smallest absolute Gasteiger partial charge is 0.420 e. The summed E-state index contributed by atoms with van der Waals surface area (Å²) in [4.78, 5) is 11.2. The Balaban J connectivity index is 2.55. The average molecular weight is 273 g/mol. The van der Waals surface area contributed by atoms with Gasteiger partial charge >= 0.3 is 12.1 Å². The van der Waals surface area contributed by atoms with Gasteiger partial charge in [0.2, 0.25) is 0 Å². The van der Waals surface area contributed by atoms with E-state index in [0.717, 1.165) is 13.2 Å². The van der Waals surface area contributed by atoms with Gasteiger partial charge in [-0.3, -0.25) is 0 Å². The van der Waals surface area contributed by atoms with Crippen LogP contribution in [0.25, 0.3) is 11.0 Å². The van der Waals surface area contributed by atoms with Crippen molar-refractivity contribution in [2.45, 2.75) is 12.2 Å². The molecule has 4 nitrogen and oxygen atoms in total. The minimum Gasteiger partial charge on any atom is -0.468 e. The van der Waals surface area contributed by atoms with Crippen molar-refractivity contribution in [3.8, 4) is 0 Å². The largest absolute Gasteiger partial charge is 0.468 e. The number of furan rings is 1. The molecule has 2 rings (SSSR count). The molecule has 1 aromatic carbocycles.